The zero-order valence-electron chi connectivity index (χ0n) is 11.8. The molecule has 0 spiro atoms. The Labute approximate surface area is 118 Å². The molecule has 1 saturated heterocycles. The van der Waals surface area contributed by atoms with Crippen LogP contribution in [0.15, 0.2) is 31.1 Å². The number of nitrogen functional groups attached to an aromatic ring is 1. The summed E-state index contributed by atoms with van der Waals surface area (Å²) < 4.78 is 1.99. The summed E-state index contributed by atoms with van der Waals surface area (Å²) in [5.74, 6) is 0.959. The minimum atomic E-state index is 0.386. The van der Waals surface area contributed by atoms with E-state index in [-0.39, 0.29) is 0 Å². The van der Waals surface area contributed by atoms with Crippen molar-refractivity contribution in [3.8, 4) is 0 Å². The van der Waals surface area contributed by atoms with Gasteiger partial charge in [0.2, 0.25) is 0 Å². The molecule has 0 saturated carbocycles. The second-order valence-corrected chi connectivity index (χ2v) is 5.66. The van der Waals surface area contributed by atoms with E-state index in [2.05, 4.69) is 33.8 Å². The standard InChI is InChI=1S/C14H20N6/c1-10-6-19(13-3-4-16-5-12(13)15)7-11(2)14(10)20-9-17-8-18-20/h3-5,8-11,14H,6-7,15H2,1-2H3/t10-,11+,14?. The molecule has 20 heavy (non-hydrogen) atoms. The second kappa shape index (κ2) is 5.11. The van der Waals surface area contributed by atoms with Gasteiger partial charge in [0.1, 0.15) is 12.7 Å². The minimum absolute atomic E-state index is 0.386. The van der Waals surface area contributed by atoms with Crippen LogP contribution in [-0.4, -0.2) is 32.8 Å². The van der Waals surface area contributed by atoms with Gasteiger partial charge in [-0.15, -0.1) is 0 Å². The Bertz CT molecular complexity index is 555. The molecule has 1 fully saturated rings. The highest BCUT2D eigenvalue weighted by Crippen LogP contribution is 2.35. The average Bonchev–Trinajstić information content (AvgIpc) is 2.92. The molecule has 0 bridgehead atoms. The van der Waals surface area contributed by atoms with Crippen molar-refractivity contribution in [2.45, 2.75) is 19.9 Å². The number of rotatable bonds is 2. The predicted molar refractivity (Wildman–Crippen MR) is 78.2 cm³/mol. The van der Waals surface area contributed by atoms with E-state index in [0.717, 1.165) is 24.5 Å². The van der Waals surface area contributed by atoms with Crippen LogP contribution in [0, 0.1) is 11.8 Å². The second-order valence-electron chi connectivity index (χ2n) is 5.66. The van der Waals surface area contributed by atoms with E-state index in [1.165, 1.54) is 0 Å². The van der Waals surface area contributed by atoms with Crippen molar-refractivity contribution in [3.63, 3.8) is 0 Å². The molecule has 3 rings (SSSR count). The van der Waals surface area contributed by atoms with Gasteiger partial charge in [0.15, 0.2) is 0 Å². The summed E-state index contributed by atoms with van der Waals surface area (Å²) in [5.41, 5.74) is 7.86. The highest BCUT2D eigenvalue weighted by molar-refractivity contribution is 5.66. The molecule has 0 aromatic carbocycles. The lowest BCUT2D eigenvalue weighted by Gasteiger charge is -2.42. The van der Waals surface area contributed by atoms with Gasteiger partial charge in [0.05, 0.1) is 23.6 Å². The van der Waals surface area contributed by atoms with E-state index in [1.54, 1.807) is 18.7 Å². The lowest BCUT2D eigenvalue weighted by molar-refractivity contribution is 0.206. The van der Waals surface area contributed by atoms with E-state index in [4.69, 9.17) is 5.73 Å². The van der Waals surface area contributed by atoms with E-state index in [9.17, 15) is 0 Å². The molecule has 3 atom stereocenters. The highest BCUT2D eigenvalue weighted by Gasteiger charge is 2.34. The Kier molecular flexibility index (Phi) is 3.30. The van der Waals surface area contributed by atoms with Gasteiger partial charge in [-0.3, -0.25) is 4.98 Å². The van der Waals surface area contributed by atoms with Crippen LogP contribution in [0.4, 0.5) is 11.4 Å². The molecule has 1 aliphatic heterocycles. The number of anilines is 2. The first-order valence-corrected chi connectivity index (χ1v) is 6.95. The quantitative estimate of drug-likeness (QED) is 0.898. The summed E-state index contributed by atoms with van der Waals surface area (Å²) in [6.07, 6.45) is 6.93. The van der Waals surface area contributed by atoms with Gasteiger partial charge in [-0.05, 0) is 17.9 Å². The van der Waals surface area contributed by atoms with Crippen molar-refractivity contribution >= 4 is 11.4 Å². The summed E-state index contributed by atoms with van der Waals surface area (Å²) in [6.45, 7) is 6.44. The minimum Gasteiger partial charge on any atom is -0.396 e. The number of nitrogens with two attached hydrogens (primary N) is 1. The van der Waals surface area contributed by atoms with Gasteiger partial charge in [-0.1, -0.05) is 13.8 Å². The lowest BCUT2D eigenvalue weighted by atomic mass is 9.85. The molecule has 0 radical (unpaired) electrons. The Morgan fingerprint density at radius 3 is 2.55 bits per heavy atom. The predicted octanol–water partition coefficient (Wildman–Crippen LogP) is 1.59. The van der Waals surface area contributed by atoms with Crippen LogP contribution in [0.2, 0.25) is 0 Å². The van der Waals surface area contributed by atoms with E-state index in [1.807, 2.05) is 17.1 Å². The Balaban J connectivity index is 1.83. The summed E-state index contributed by atoms with van der Waals surface area (Å²) in [7, 11) is 0. The fourth-order valence-electron chi connectivity index (χ4n) is 3.32. The third kappa shape index (κ3) is 2.21. The highest BCUT2D eigenvalue weighted by atomic mass is 15.3. The SMILES string of the molecule is C[C@@H]1CN(c2ccncc2N)C[C@H](C)C1n1cncn1. The van der Waals surface area contributed by atoms with Gasteiger partial charge >= 0.3 is 0 Å². The molecule has 1 aliphatic rings. The third-order valence-electron chi connectivity index (χ3n) is 4.09. The van der Waals surface area contributed by atoms with Crippen molar-refractivity contribution in [1.82, 2.24) is 19.7 Å². The van der Waals surface area contributed by atoms with Crippen LogP contribution < -0.4 is 10.6 Å². The number of nitrogens with zero attached hydrogens (tertiary/aromatic N) is 5. The van der Waals surface area contributed by atoms with Crippen LogP contribution in [0.5, 0.6) is 0 Å². The zero-order valence-corrected chi connectivity index (χ0v) is 11.8. The summed E-state index contributed by atoms with van der Waals surface area (Å²) in [4.78, 5) is 10.5. The average molecular weight is 272 g/mol. The van der Waals surface area contributed by atoms with Crippen LogP contribution in [0.1, 0.15) is 19.9 Å². The molecule has 0 aliphatic carbocycles. The smallest absolute Gasteiger partial charge is 0.137 e. The largest absolute Gasteiger partial charge is 0.396 e. The van der Waals surface area contributed by atoms with Crippen molar-refractivity contribution in [2.75, 3.05) is 23.7 Å². The number of pyridine rings is 1. The van der Waals surface area contributed by atoms with Crippen LogP contribution >= 0.6 is 0 Å². The van der Waals surface area contributed by atoms with E-state index >= 15 is 0 Å². The summed E-state index contributed by atoms with van der Waals surface area (Å²) in [5, 5.41) is 4.31. The van der Waals surface area contributed by atoms with Gasteiger partial charge in [-0.2, -0.15) is 5.10 Å². The molecule has 2 aromatic rings. The monoisotopic (exact) mass is 272 g/mol. The Morgan fingerprint density at radius 2 is 1.95 bits per heavy atom. The molecule has 1 unspecified atom stereocenters. The molecular weight excluding hydrogens is 252 g/mol. The first-order chi connectivity index (χ1) is 9.66. The Hall–Kier alpha value is -2.11. The zero-order chi connectivity index (χ0) is 14.1. The lowest BCUT2D eigenvalue weighted by Crippen LogP contribution is -2.45. The maximum Gasteiger partial charge on any atom is 0.137 e. The molecule has 6 nitrogen and oxygen atoms in total. The molecule has 2 aromatic heterocycles. The van der Waals surface area contributed by atoms with E-state index < -0.39 is 0 Å². The van der Waals surface area contributed by atoms with Gasteiger partial charge in [0, 0.05) is 19.3 Å². The fraction of sp³-hybridized carbons (Fsp3) is 0.500. The van der Waals surface area contributed by atoms with Gasteiger partial charge in [0.25, 0.3) is 0 Å². The molecular formula is C14H20N6. The van der Waals surface area contributed by atoms with Crippen molar-refractivity contribution in [3.05, 3.63) is 31.1 Å². The number of piperidine rings is 1. The molecule has 0 amide bonds. The third-order valence-corrected chi connectivity index (χ3v) is 4.09. The molecule has 2 N–H and O–H groups in total. The maximum atomic E-state index is 6.04. The Morgan fingerprint density at radius 1 is 1.20 bits per heavy atom. The van der Waals surface area contributed by atoms with Crippen LogP contribution in [-0.2, 0) is 0 Å². The van der Waals surface area contributed by atoms with Crippen molar-refractivity contribution < 1.29 is 0 Å². The van der Waals surface area contributed by atoms with E-state index in [0.29, 0.717) is 17.9 Å². The maximum absolute atomic E-state index is 6.04. The number of hydrogen-bond donors (Lipinski definition) is 1. The topological polar surface area (TPSA) is 72.9 Å². The van der Waals surface area contributed by atoms with Gasteiger partial charge in [-0.25, -0.2) is 9.67 Å². The summed E-state index contributed by atoms with van der Waals surface area (Å²) in [6, 6.07) is 2.38. The van der Waals surface area contributed by atoms with Crippen molar-refractivity contribution in [1.29, 1.82) is 0 Å². The van der Waals surface area contributed by atoms with Crippen LogP contribution in [0.25, 0.3) is 0 Å². The molecule has 3 heterocycles. The first-order valence-electron chi connectivity index (χ1n) is 6.95. The molecule has 6 heteroatoms. The number of hydrogen-bond acceptors (Lipinski definition) is 5. The van der Waals surface area contributed by atoms with Crippen LogP contribution in [0.3, 0.4) is 0 Å². The summed E-state index contributed by atoms with van der Waals surface area (Å²) >= 11 is 0. The fourth-order valence-corrected chi connectivity index (χ4v) is 3.32. The molecule has 106 valence electrons. The van der Waals surface area contributed by atoms with Gasteiger partial charge < -0.3 is 10.6 Å². The first kappa shape index (κ1) is 12.9. The normalized spacial score (nSPS) is 26.7. The van der Waals surface area contributed by atoms with Crippen molar-refractivity contribution in [2.24, 2.45) is 11.8 Å². The number of aromatic nitrogens is 4.